The van der Waals surface area contributed by atoms with E-state index in [1.54, 1.807) is 0 Å². The van der Waals surface area contributed by atoms with Crippen molar-refractivity contribution in [1.82, 2.24) is 10.6 Å². The van der Waals surface area contributed by atoms with Gasteiger partial charge in [-0.2, -0.15) is 0 Å². The summed E-state index contributed by atoms with van der Waals surface area (Å²) in [4.78, 5) is 22.4. The van der Waals surface area contributed by atoms with Gasteiger partial charge in [0.15, 0.2) is 0 Å². The standard InChI is InChI=1S/C10H20N2O2/c1-4-6-11-9(13)7-12-10(14)8(3)5-2/h8H,4-7H2,1-3H3,(H,11,13)(H,12,14). The van der Waals surface area contributed by atoms with Crippen LogP contribution in [0.3, 0.4) is 0 Å². The highest BCUT2D eigenvalue weighted by Gasteiger charge is 2.10. The molecule has 2 N–H and O–H groups in total. The molecule has 0 saturated heterocycles. The molecule has 0 aliphatic rings. The van der Waals surface area contributed by atoms with Gasteiger partial charge >= 0.3 is 0 Å². The third-order valence-corrected chi connectivity index (χ3v) is 2.06. The van der Waals surface area contributed by atoms with Gasteiger partial charge < -0.3 is 10.6 Å². The van der Waals surface area contributed by atoms with Gasteiger partial charge in [-0.3, -0.25) is 9.59 Å². The number of amides is 2. The largest absolute Gasteiger partial charge is 0.355 e. The lowest BCUT2D eigenvalue weighted by atomic mass is 10.1. The van der Waals surface area contributed by atoms with E-state index in [0.717, 1.165) is 12.8 Å². The van der Waals surface area contributed by atoms with Crippen molar-refractivity contribution in [2.45, 2.75) is 33.6 Å². The molecule has 1 atom stereocenters. The van der Waals surface area contributed by atoms with Crippen molar-refractivity contribution in [3.8, 4) is 0 Å². The van der Waals surface area contributed by atoms with Crippen molar-refractivity contribution < 1.29 is 9.59 Å². The highest BCUT2D eigenvalue weighted by molar-refractivity contribution is 5.85. The Morgan fingerprint density at radius 1 is 1.21 bits per heavy atom. The van der Waals surface area contributed by atoms with Crippen LogP contribution in [0.1, 0.15) is 33.6 Å². The highest BCUT2D eigenvalue weighted by Crippen LogP contribution is 1.98. The van der Waals surface area contributed by atoms with E-state index >= 15 is 0 Å². The van der Waals surface area contributed by atoms with Gasteiger partial charge in [0.05, 0.1) is 6.54 Å². The van der Waals surface area contributed by atoms with Gasteiger partial charge in [-0.25, -0.2) is 0 Å². The van der Waals surface area contributed by atoms with Crippen molar-refractivity contribution in [1.29, 1.82) is 0 Å². The molecule has 0 bridgehead atoms. The molecule has 0 heterocycles. The molecule has 0 aliphatic carbocycles. The number of carbonyl (C=O) groups excluding carboxylic acids is 2. The quantitative estimate of drug-likeness (QED) is 0.662. The Morgan fingerprint density at radius 3 is 2.36 bits per heavy atom. The van der Waals surface area contributed by atoms with E-state index in [1.807, 2.05) is 20.8 Å². The summed E-state index contributed by atoms with van der Waals surface area (Å²) in [5.74, 6) is -0.198. The maximum atomic E-state index is 11.3. The molecule has 0 fully saturated rings. The molecule has 1 unspecified atom stereocenters. The average molecular weight is 200 g/mol. The maximum Gasteiger partial charge on any atom is 0.239 e. The van der Waals surface area contributed by atoms with Gasteiger partial charge in [0.25, 0.3) is 0 Å². The van der Waals surface area contributed by atoms with Crippen molar-refractivity contribution in [3.63, 3.8) is 0 Å². The molecular formula is C10H20N2O2. The molecule has 4 nitrogen and oxygen atoms in total. The zero-order valence-corrected chi connectivity index (χ0v) is 9.22. The summed E-state index contributed by atoms with van der Waals surface area (Å²) in [6.45, 7) is 6.53. The van der Waals surface area contributed by atoms with Crippen LogP contribution in [0.5, 0.6) is 0 Å². The van der Waals surface area contributed by atoms with Crippen LogP contribution in [-0.4, -0.2) is 24.9 Å². The fourth-order valence-corrected chi connectivity index (χ4v) is 0.854. The summed E-state index contributed by atoms with van der Waals surface area (Å²) in [6, 6.07) is 0. The van der Waals surface area contributed by atoms with Crippen LogP contribution in [0.25, 0.3) is 0 Å². The van der Waals surface area contributed by atoms with Gasteiger partial charge in [-0.1, -0.05) is 20.8 Å². The third kappa shape index (κ3) is 5.56. The smallest absolute Gasteiger partial charge is 0.239 e. The SMILES string of the molecule is CCCNC(=O)CNC(=O)C(C)CC. The monoisotopic (exact) mass is 200 g/mol. The van der Waals surface area contributed by atoms with E-state index in [2.05, 4.69) is 10.6 Å². The van der Waals surface area contributed by atoms with E-state index in [0.29, 0.717) is 6.54 Å². The number of carbonyl (C=O) groups is 2. The van der Waals surface area contributed by atoms with E-state index < -0.39 is 0 Å². The van der Waals surface area contributed by atoms with Crippen molar-refractivity contribution in [2.75, 3.05) is 13.1 Å². The van der Waals surface area contributed by atoms with Crippen LogP contribution >= 0.6 is 0 Å². The molecule has 0 saturated carbocycles. The normalized spacial score (nSPS) is 11.9. The predicted octanol–water partition coefficient (Wildman–Crippen LogP) is 0.675. The van der Waals surface area contributed by atoms with Gasteiger partial charge in [-0.05, 0) is 12.8 Å². The number of hydrogen-bond acceptors (Lipinski definition) is 2. The van der Waals surface area contributed by atoms with E-state index in [4.69, 9.17) is 0 Å². The van der Waals surface area contributed by atoms with Gasteiger partial charge in [0, 0.05) is 12.5 Å². The Labute approximate surface area is 85.4 Å². The second-order valence-corrected chi connectivity index (χ2v) is 3.38. The molecule has 2 amide bonds. The summed E-state index contributed by atoms with van der Waals surface area (Å²) in [7, 11) is 0. The molecule has 0 spiro atoms. The first-order valence-electron chi connectivity index (χ1n) is 5.16. The van der Waals surface area contributed by atoms with Crippen LogP contribution in [0, 0.1) is 5.92 Å². The molecule has 4 heteroatoms. The van der Waals surface area contributed by atoms with E-state index in [1.165, 1.54) is 0 Å². The molecule has 0 aromatic rings. The van der Waals surface area contributed by atoms with E-state index in [-0.39, 0.29) is 24.3 Å². The molecule has 0 radical (unpaired) electrons. The van der Waals surface area contributed by atoms with Crippen molar-refractivity contribution >= 4 is 11.8 Å². The second kappa shape index (κ2) is 7.35. The first-order valence-corrected chi connectivity index (χ1v) is 5.16. The Morgan fingerprint density at radius 2 is 1.86 bits per heavy atom. The van der Waals surface area contributed by atoms with Crippen molar-refractivity contribution in [3.05, 3.63) is 0 Å². The minimum Gasteiger partial charge on any atom is -0.355 e. The van der Waals surface area contributed by atoms with Crippen LogP contribution in [0.2, 0.25) is 0 Å². The van der Waals surface area contributed by atoms with Crippen LogP contribution in [0.4, 0.5) is 0 Å². The third-order valence-electron chi connectivity index (χ3n) is 2.06. The molecule has 0 rings (SSSR count). The fourth-order valence-electron chi connectivity index (χ4n) is 0.854. The predicted molar refractivity (Wildman–Crippen MR) is 55.8 cm³/mol. The zero-order chi connectivity index (χ0) is 11.0. The van der Waals surface area contributed by atoms with Crippen LogP contribution < -0.4 is 10.6 Å². The lowest BCUT2D eigenvalue weighted by molar-refractivity contribution is -0.128. The average Bonchev–Trinajstić information content (AvgIpc) is 2.21. The molecule has 0 aromatic heterocycles. The molecule has 14 heavy (non-hydrogen) atoms. The summed E-state index contributed by atoms with van der Waals surface area (Å²) in [6.07, 6.45) is 1.70. The molecule has 0 aliphatic heterocycles. The topological polar surface area (TPSA) is 58.2 Å². The summed E-state index contributed by atoms with van der Waals surface area (Å²) in [5.41, 5.74) is 0. The maximum absolute atomic E-state index is 11.3. The summed E-state index contributed by atoms with van der Waals surface area (Å²) >= 11 is 0. The molecule has 0 aromatic carbocycles. The van der Waals surface area contributed by atoms with E-state index in [9.17, 15) is 9.59 Å². The fraction of sp³-hybridized carbons (Fsp3) is 0.800. The van der Waals surface area contributed by atoms with Crippen LogP contribution in [-0.2, 0) is 9.59 Å². The first-order chi connectivity index (χ1) is 6.61. The number of hydrogen-bond donors (Lipinski definition) is 2. The minimum atomic E-state index is -0.122. The minimum absolute atomic E-state index is 0.0195. The summed E-state index contributed by atoms with van der Waals surface area (Å²) in [5, 5.41) is 5.28. The summed E-state index contributed by atoms with van der Waals surface area (Å²) < 4.78 is 0. The first kappa shape index (κ1) is 12.9. The molecular weight excluding hydrogens is 180 g/mol. The lowest BCUT2D eigenvalue weighted by Gasteiger charge is -2.09. The number of rotatable bonds is 6. The second-order valence-electron chi connectivity index (χ2n) is 3.38. The van der Waals surface area contributed by atoms with Crippen molar-refractivity contribution in [2.24, 2.45) is 5.92 Å². The Balaban J connectivity index is 3.61. The van der Waals surface area contributed by atoms with Gasteiger partial charge in [0.1, 0.15) is 0 Å². The lowest BCUT2D eigenvalue weighted by Crippen LogP contribution is -2.39. The Bertz CT molecular complexity index is 193. The highest BCUT2D eigenvalue weighted by atomic mass is 16.2. The number of nitrogens with one attached hydrogen (secondary N) is 2. The Kier molecular flexibility index (Phi) is 6.80. The molecule has 82 valence electrons. The van der Waals surface area contributed by atoms with Crippen LogP contribution in [0.15, 0.2) is 0 Å². The Hall–Kier alpha value is -1.06. The zero-order valence-electron chi connectivity index (χ0n) is 9.22. The van der Waals surface area contributed by atoms with Gasteiger partial charge in [-0.15, -0.1) is 0 Å². The van der Waals surface area contributed by atoms with Gasteiger partial charge in [0.2, 0.25) is 11.8 Å².